The lowest BCUT2D eigenvalue weighted by Crippen LogP contribution is -2.43. The average molecular weight is 242 g/mol. The molecule has 2 heterocycles. The third kappa shape index (κ3) is 1.80. The quantitative estimate of drug-likeness (QED) is 0.704. The van der Waals surface area contributed by atoms with Crippen LogP contribution in [0.1, 0.15) is 0 Å². The largest absolute Gasteiger partial charge is 0.385 e. The molecular weight excluding hydrogens is 224 g/mol. The molecule has 0 radical (unpaired) electrons. The first kappa shape index (κ1) is 10.4. The molecule has 1 aromatic rings. The summed E-state index contributed by atoms with van der Waals surface area (Å²) in [5.74, 6) is 1.24. The van der Waals surface area contributed by atoms with Gasteiger partial charge in [0.05, 0.1) is 13.6 Å². The third-order valence-corrected chi connectivity index (χ3v) is 14.1. The molecule has 0 bridgehead atoms. The molecule has 14 heavy (non-hydrogen) atoms. The van der Waals surface area contributed by atoms with Crippen LogP contribution in [0, 0.1) is 0 Å². The molecule has 2 nitrogen and oxygen atoms in total. The van der Waals surface area contributed by atoms with Crippen LogP contribution in [0.25, 0.3) is 0 Å². The van der Waals surface area contributed by atoms with E-state index in [4.69, 9.17) is 0 Å². The lowest BCUT2D eigenvalue weighted by molar-refractivity contribution is 1.16. The predicted molar refractivity (Wildman–Crippen MR) is 69.2 cm³/mol. The molecule has 1 fully saturated rings. The van der Waals surface area contributed by atoms with Crippen LogP contribution in [-0.2, 0) is 0 Å². The van der Waals surface area contributed by atoms with Gasteiger partial charge in [-0.3, -0.25) is 0 Å². The molecule has 1 aliphatic rings. The second-order valence-corrected chi connectivity index (χ2v) is 16.5. The van der Waals surface area contributed by atoms with E-state index < -0.39 is 16.3 Å². The van der Waals surface area contributed by atoms with E-state index in [1.807, 2.05) is 5.51 Å². The zero-order valence-corrected chi connectivity index (χ0v) is 12.2. The molecule has 1 aliphatic heterocycles. The van der Waals surface area contributed by atoms with Crippen molar-refractivity contribution in [1.29, 1.82) is 0 Å². The summed E-state index contributed by atoms with van der Waals surface area (Å²) in [5, 5.41) is 2.20. The maximum atomic E-state index is 4.46. The molecule has 0 N–H and O–H groups in total. The van der Waals surface area contributed by atoms with Gasteiger partial charge in [0.15, 0.2) is 0 Å². The average Bonchev–Trinajstić information content (AvgIpc) is 2.54. The molecule has 0 unspecified atom stereocenters. The van der Waals surface area contributed by atoms with Gasteiger partial charge in [-0.25, -0.2) is 4.98 Å². The molecule has 0 aromatic carbocycles. The number of nitrogens with zero attached hydrogens (tertiary/aromatic N) is 2. The van der Waals surface area contributed by atoms with Gasteiger partial charge < -0.3 is 4.57 Å². The molecular formula is C9H18N2SSi2. The van der Waals surface area contributed by atoms with Crippen molar-refractivity contribution in [1.82, 2.24) is 4.98 Å². The van der Waals surface area contributed by atoms with Crippen LogP contribution >= 0.6 is 11.3 Å². The van der Waals surface area contributed by atoms with E-state index in [9.17, 15) is 0 Å². The van der Waals surface area contributed by atoms with E-state index in [2.05, 4.69) is 41.1 Å². The van der Waals surface area contributed by atoms with Crippen LogP contribution in [0.5, 0.6) is 0 Å². The van der Waals surface area contributed by atoms with E-state index in [0.717, 1.165) is 0 Å². The van der Waals surface area contributed by atoms with Crippen LogP contribution < -0.4 is 4.57 Å². The highest BCUT2D eigenvalue weighted by atomic mass is 32.1. The van der Waals surface area contributed by atoms with Gasteiger partial charge in [0.25, 0.3) is 0 Å². The van der Waals surface area contributed by atoms with Gasteiger partial charge in [-0.15, -0.1) is 11.3 Å². The molecule has 0 spiro atoms. The van der Waals surface area contributed by atoms with Gasteiger partial charge in [-0.2, -0.15) is 0 Å². The SMILES string of the molecule is C[Si]1(C)CN(c2cscn2)[Si](C)(C)C1. The number of hydrogen-bond acceptors (Lipinski definition) is 3. The summed E-state index contributed by atoms with van der Waals surface area (Å²) in [5.41, 5.74) is 3.46. The number of rotatable bonds is 1. The van der Waals surface area contributed by atoms with Crippen molar-refractivity contribution in [2.24, 2.45) is 0 Å². The lowest BCUT2D eigenvalue weighted by Gasteiger charge is -2.29. The van der Waals surface area contributed by atoms with E-state index in [0.29, 0.717) is 0 Å². The van der Waals surface area contributed by atoms with Crippen LogP contribution in [0.4, 0.5) is 5.82 Å². The predicted octanol–water partition coefficient (Wildman–Crippen LogP) is 2.96. The van der Waals surface area contributed by atoms with Crippen LogP contribution in [0.2, 0.25) is 31.9 Å². The number of anilines is 1. The van der Waals surface area contributed by atoms with Crippen molar-refractivity contribution in [3.63, 3.8) is 0 Å². The molecule has 0 aliphatic carbocycles. The fourth-order valence-corrected chi connectivity index (χ4v) is 18.7. The van der Waals surface area contributed by atoms with Crippen LogP contribution in [0.3, 0.4) is 0 Å². The highest BCUT2D eigenvalue weighted by Crippen LogP contribution is 2.35. The summed E-state index contributed by atoms with van der Waals surface area (Å²) in [7, 11) is -2.11. The fraction of sp³-hybridized carbons (Fsp3) is 0.667. The van der Waals surface area contributed by atoms with Gasteiger partial charge in [-0.1, -0.05) is 26.2 Å². The van der Waals surface area contributed by atoms with E-state index in [1.165, 1.54) is 17.7 Å². The Morgan fingerprint density at radius 2 is 2.07 bits per heavy atom. The van der Waals surface area contributed by atoms with Gasteiger partial charge >= 0.3 is 0 Å². The standard InChI is InChI=1S/C9H18N2SSi2/c1-13(2)7-11(14(3,4)8-13)9-5-12-6-10-9/h5-6H,7-8H2,1-4H3. The molecule has 0 amide bonds. The monoisotopic (exact) mass is 242 g/mol. The Hall–Kier alpha value is -0.136. The maximum Gasteiger partial charge on any atom is 0.149 e. The Morgan fingerprint density at radius 3 is 2.50 bits per heavy atom. The molecule has 1 aromatic heterocycles. The van der Waals surface area contributed by atoms with Crippen LogP contribution in [-0.4, -0.2) is 27.5 Å². The summed E-state index contributed by atoms with van der Waals surface area (Å²) >= 11 is 1.71. The Morgan fingerprint density at radius 1 is 1.36 bits per heavy atom. The first-order valence-electron chi connectivity index (χ1n) is 5.07. The molecule has 2 rings (SSSR count). The van der Waals surface area contributed by atoms with E-state index in [1.54, 1.807) is 11.3 Å². The van der Waals surface area contributed by atoms with E-state index >= 15 is 0 Å². The van der Waals surface area contributed by atoms with Crippen molar-refractivity contribution in [2.45, 2.75) is 31.9 Å². The number of thiazole rings is 1. The van der Waals surface area contributed by atoms with Gasteiger partial charge in [-0.05, 0) is 5.67 Å². The minimum Gasteiger partial charge on any atom is -0.385 e. The second-order valence-electron chi connectivity index (χ2n) is 5.59. The summed E-state index contributed by atoms with van der Waals surface area (Å²) in [6.07, 6.45) is 1.32. The Labute approximate surface area is 92.1 Å². The summed E-state index contributed by atoms with van der Waals surface area (Å²) in [6, 6.07) is 0. The van der Waals surface area contributed by atoms with Gasteiger partial charge in [0.2, 0.25) is 0 Å². The Kier molecular flexibility index (Phi) is 2.36. The molecule has 5 heteroatoms. The summed E-state index contributed by atoms with van der Waals surface area (Å²) in [4.78, 5) is 4.46. The topological polar surface area (TPSA) is 16.1 Å². The lowest BCUT2D eigenvalue weighted by atomic mass is 10.8. The first-order valence-corrected chi connectivity index (χ1v) is 12.6. The molecule has 0 saturated carbocycles. The smallest absolute Gasteiger partial charge is 0.149 e. The normalized spacial score (nSPS) is 24.1. The van der Waals surface area contributed by atoms with Crippen molar-refractivity contribution < 1.29 is 0 Å². The second kappa shape index (κ2) is 3.18. The molecule has 1 saturated heterocycles. The zero-order valence-electron chi connectivity index (χ0n) is 9.37. The third-order valence-electron chi connectivity index (χ3n) is 2.92. The number of hydrogen-bond donors (Lipinski definition) is 0. The Bertz CT molecular complexity index is 322. The summed E-state index contributed by atoms with van der Waals surface area (Å²) in [6.45, 7) is 9.98. The zero-order chi connectivity index (χ0) is 10.4. The van der Waals surface area contributed by atoms with Crippen molar-refractivity contribution in [3.8, 4) is 0 Å². The minimum atomic E-state index is -1.17. The first-order chi connectivity index (χ1) is 6.41. The van der Waals surface area contributed by atoms with Crippen molar-refractivity contribution in [3.05, 3.63) is 10.9 Å². The number of aromatic nitrogens is 1. The highest BCUT2D eigenvalue weighted by Gasteiger charge is 2.46. The minimum absolute atomic E-state index is 0.942. The molecule has 78 valence electrons. The van der Waals surface area contributed by atoms with Crippen LogP contribution in [0.15, 0.2) is 10.9 Å². The Balaban J connectivity index is 2.29. The fourth-order valence-electron chi connectivity index (χ4n) is 2.70. The van der Waals surface area contributed by atoms with E-state index in [-0.39, 0.29) is 0 Å². The van der Waals surface area contributed by atoms with Gasteiger partial charge in [0, 0.05) is 11.5 Å². The molecule has 0 atom stereocenters. The van der Waals surface area contributed by atoms with Gasteiger partial charge in [0.1, 0.15) is 14.1 Å². The highest BCUT2D eigenvalue weighted by molar-refractivity contribution is 7.08. The van der Waals surface area contributed by atoms with Crippen molar-refractivity contribution in [2.75, 3.05) is 10.7 Å². The summed E-state index contributed by atoms with van der Waals surface area (Å²) < 4.78 is 2.63. The maximum absolute atomic E-state index is 4.46. The van der Waals surface area contributed by atoms with Crippen molar-refractivity contribution >= 4 is 33.5 Å².